The normalized spacial score (nSPS) is 27.8. The molecule has 0 spiro atoms. The number of halogens is 2. The minimum absolute atomic E-state index is 0.0943. The molecule has 3 heterocycles. The number of fused-ring (bicyclic) bond motifs is 2. The number of likely N-dealkylation sites (tertiary alicyclic amines) is 1. The van der Waals surface area contributed by atoms with Crippen LogP contribution in [0.1, 0.15) is 25.0 Å². The Morgan fingerprint density at radius 2 is 2.03 bits per heavy atom. The number of carbonyl (C=O) groups is 2. The van der Waals surface area contributed by atoms with Gasteiger partial charge in [-0.05, 0) is 50.6 Å². The summed E-state index contributed by atoms with van der Waals surface area (Å²) in [6.45, 7) is 1.56. The van der Waals surface area contributed by atoms with E-state index in [0.717, 1.165) is 29.5 Å². The summed E-state index contributed by atoms with van der Waals surface area (Å²) in [7, 11) is 0. The van der Waals surface area contributed by atoms with Crippen molar-refractivity contribution in [3.8, 4) is 0 Å². The minimum atomic E-state index is -2.30. The monoisotopic (exact) mass is 413 g/mol. The fourth-order valence-corrected chi connectivity index (χ4v) is 4.90. The zero-order valence-electron chi connectivity index (χ0n) is 16.2. The topological polar surface area (TPSA) is 75.4 Å². The third-order valence-electron chi connectivity index (χ3n) is 6.62. The quantitative estimate of drug-likeness (QED) is 0.781. The second-order valence-corrected chi connectivity index (χ2v) is 8.24. The molecular weight excluding hydrogens is 392 g/mol. The summed E-state index contributed by atoms with van der Waals surface area (Å²) < 4.78 is 34.2. The maximum Gasteiger partial charge on any atom is 0.272 e. The zero-order valence-corrected chi connectivity index (χ0v) is 16.2. The molecule has 1 aromatic heterocycles. The van der Waals surface area contributed by atoms with Gasteiger partial charge in [0, 0.05) is 23.4 Å². The van der Waals surface area contributed by atoms with Crippen molar-refractivity contribution < 1.29 is 22.9 Å². The molecule has 0 radical (unpaired) electrons. The van der Waals surface area contributed by atoms with Gasteiger partial charge in [-0.15, -0.1) is 0 Å². The number of nitrogens with one attached hydrogen (secondary N) is 1. The highest BCUT2D eigenvalue weighted by Gasteiger charge is 2.58. The van der Waals surface area contributed by atoms with Gasteiger partial charge < -0.3 is 9.84 Å². The zero-order chi connectivity index (χ0) is 20.9. The molecule has 2 saturated heterocycles. The van der Waals surface area contributed by atoms with E-state index in [9.17, 15) is 14.0 Å². The Morgan fingerprint density at radius 3 is 2.80 bits per heavy atom. The average molecular weight is 413 g/mol. The van der Waals surface area contributed by atoms with Crippen LogP contribution in [0.3, 0.4) is 0 Å². The number of benzene rings is 1. The highest BCUT2D eigenvalue weighted by molar-refractivity contribution is 6.11. The summed E-state index contributed by atoms with van der Waals surface area (Å²) in [4.78, 5) is 26.5. The van der Waals surface area contributed by atoms with Gasteiger partial charge in [-0.2, -0.15) is 0 Å². The summed E-state index contributed by atoms with van der Waals surface area (Å²) in [6.07, 6.45) is 7.52. The first-order valence-electron chi connectivity index (χ1n) is 10.1. The fraction of sp³-hybridized carbons (Fsp3) is 0.409. The molecule has 6 nitrogen and oxygen atoms in total. The first-order chi connectivity index (χ1) is 14.4. The third-order valence-corrected chi connectivity index (χ3v) is 6.62. The number of imide groups is 1. The standard InChI is InChI=1S/C22H21F2N3O3/c23-14-4-5-15-17(13-14)30-26-18(15)21(7-10-25-11-8-21)9-12-27-19(28)16-3-1-2-6-22(16,24)20(27)29/h1-6,13,16,25H,7-12H2. The number of piperidine rings is 1. The number of carbonyl (C=O) groups excluding carboxylic acids is 2. The van der Waals surface area contributed by atoms with Gasteiger partial charge in [0.2, 0.25) is 11.6 Å². The minimum Gasteiger partial charge on any atom is -0.356 e. The van der Waals surface area contributed by atoms with Crippen molar-refractivity contribution in [3.63, 3.8) is 0 Å². The van der Waals surface area contributed by atoms with Crippen molar-refractivity contribution in [1.29, 1.82) is 0 Å². The Balaban J connectivity index is 1.46. The van der Waals surface area contributed by atoms with E-state index in [0.29, 0.717) is 30.5 Å². The van der Waals surface area contributed by atoms with Crippen LogP contribution >= 0.6 is 0 Å². The number of nitrogens with zero attached hydrogens (tertiary/aromatic N) is 2. The molecule has 8 heteroatoms. The molecule has 2 aliphatic heterocycles. The highest BCUT2D eigenvalue weighted by Crippen LogP contribution is 2.43. The molecule has 2 atom stereocenters. The summed E-state index contributed by atoms with van der Waals surface area (Å²) >= 11 is 0. The lowest BCUT2D eigenvalue weighted by Crippen LogP contribution is -2.44. The van der Waals surface area contributed by atoms with Gasteiger partial charge >= 0.3 is 0 Å². The van der Waals surface area contributed by atoms with Gasteiger partial charge in [-0.25, -0.2) is 8.78 Å². The lowest BCUT2D eigenvalue weighted by molar-refractivity contribution is -0.141. The number of amides is 2. The fourth-order valence-electron chi connectivity index (χ4n) is 4.90. The smallest absolute Gasteiger partial charge is 0.272 e. The van der Waals surface area contributed by atoms with E-state index in [2.05, 4.69) is 10.5 Å². The van der Waals surface area contributed by atoms with Crippen molar-refractivity contribution in [2.45, 2.75) is 30.3 Å². The SMILES string of the molecule is O=C1C2C=CC=CC2(F)C(=O)N1CCC1(c2noc3cc(F)ccc23)CCNCC1. The largest absolute Gasteiger partial charge is 0.356 e. The van der Waals surface area contributed by atoms with Crippen molar-refractivity contribution in [3.05, 3.63) is 54.0 Å². The summed E-state index contributed by atoms with van der Waals surface area (Å²) in [5.41, 5.74) is -1.70. The average Bonchev–Trinajstić information content (AvgIpc) is 3.25. The molecular formula is C22H21F2N3O3. The van der Waals surface area contributed by atoms with Crippen molar-refractivity contribution in [1.82, 2.24) is 15.4 Å². The number of allylic oxidation sites excluding steroid dienone is 2. The Bertz CT molecular complexity index is 1090. The van der Waals surface area contributed by atoms with Crippen molar-refractivity contribution in [2.75, 3.05) is 19.6 Å². The second kappa shape index (κ2) is 6.84. The summed E-state index contributed by atoms with van der Waals surface area (Å²) in [5.74, 6) is -2.84. The van der Waals surface area contributed by atoms with Gasteiger partial charge in [0.1, 0.15) is 11.7 Å². The van der Waals surface area contributed by atoms with Gasteiger partial charge in [0.15, 0.2) is 5.58 Å². The molecule has 1 aliphatic carbocycles. The number of rotatable bonds is 4. The first kappa shape index (κ1) is 19.1. The van der Waals surface area contributed by atoms with E-state index in [1.54, 1.807) is 12.1 Å². The molecule has 2 fully saturated rings. The Kier molecular flexibility index (Phi) is 4.36. The molecule has 1 aromatic carbocycles. The second-order valence-electron chi connectivity index (χ2n) is 8.24. The van der Waals surface area contributed by atoms with Gasteiger partial charge in [-0.3, -0.25) is 14.5 Å². The van der Waals surface area contributed by atoms with Crippen molar-refractivity contribution >= 4 is 22.8 Å². The van der Waals surface area contributed by atoms with Crippen LogP contribution in [-0.4, -0.2) is 47.2 Å². The maximum atomic E-state index is 15.2. The number of hydrogen-bond acceptors (Lipinski definition) is 5. The van der Waals surface area contributed by atoms with Gasteiger partial charge in [0.05, 0.1) is 5.69 Å². The summed E-state index contributed by atoms with van der Waals surface area (Å²) in [5, 5.41) is 8.28. The molecule has 156 valence electrons. The molecule has 0 bridgehead atoms. The van der Waals surface area contributed by atoms with Crippen LogP contribution in [0.15, 0.2) is 47.0 Å². The first-order valence-corrected chi connectivity index (χ1v) is 10.1. The van der Waals surface area contributed by atoms with E-state index in [-0.39, 0.29) is 6.54 Å². The number of aromatic nitrogens is 1. The lowest BCUT2D eigenvalue weighted by atomic mass is 9.72. The van der Waals surface area contributed by atoms with Crippen LogP contribution in [0.25, 0.3) is 11.0 Å². The molecule has 30 heavy (non-hydrogen) atoms. The van der Waals surface area contributed by atoms with E-state index in [1.807, 2.05) is 0 Å². The highest BCUT2D eigenvalue weighted by atomic mass is 19.1. The van der Waals surface area contributed by atoms with E-state index < -0.39 is 34.6 Å². The molecule has 2 aromatic rings. The van der Waals surface area contributed by atoms with Gasteiger partial charge in [0.25, 0.3) is 5.91 Å². The molecule has 0 saturated carbocycles. The van der Waals surface area contributed by atoms with Crippen molar-refractivity contribution in [2.24, 2.45) is 5.92 Å². The summed E-state index contributed by atoms with van der Waals surface area (Å²) in [6, 6.07) is 4.30. The van der Waals surface area contributed by atoms with E-state index in [4.69, 9.17) is 4.52 Å². The van der Waals surface area contributed by atoms with Crippen LogP contribution in [0.4, 0.5) is 8.78 Å². The Hall–Kier alpha value is -2.87. The van der Waals surface area contributed by atoms with Crippen LogP contribution in [0, 0.1) is 11.7 Å². The Morgan fingerprint density at radius 1 is 1.23 bits per heavy atom. The number of alkyl halides is 1. The molecule has 3 aliphatic rings. The number of hydrogen-bond donors (Lipinski definition) is 1. The molecule has 1 N–H and O–H groups in total. The van der Waals surface area contributed by atoms with Crippen LogP contribution < -0.4 is 5.32 Å². The Labute approximate surface area is 171 Å². The predicted molar refractivity (Wildman–Crippen MR) is 105 cm³/mol. The van der Waals surface area contributed by atoms with E-state index >= 15 is 4.39 Å². The molecule has 2 unspecified atom stereocenters. The predicted octanol–water partition coefficient (Wildman–Crippen LogP) is 2.80. The van der Waals surface area contributed by atoms with E-state index in [1.165, 1.54) is 24.3 Å². The van der Waals surface area contributed by atoms with Gasteiger partial charge in [-0.1, -0.05) is 23.4 Å². The maximum absolute atomic E-state index is 15.2. The van der Waals surface area contributed by atoms with Crippen LogP contribution in [-0.2, 0) is 15.0 Å². The molecule has 2 amide bonds. The van der Waals surface area contributed by atoms with Crippen LogP contribution in [0.2, 0.25) is 0 Å². The van der Waals surface area contributed by atoms with Crippen LogP contribution in [0.5, 0.6) is 0 Å². The lowest BCUT2D eigenvalue weighted by Gasteiger charge is -2.37. The molecule has 5 rings (SSSR count). The third kappa shape index (κ3) is 2.74.